The molecule has 0 aliphatic heterocycles. The molecule has 1 atom stereocenters. The molecule has 0 aromatic rings. The lowest BCUT2D eigenvalue weighted by molar-refractivity contribution is 0.0798. The van der Waals surface area contributed by atoms with E-state index in [-0.39, 0.29) is 6.04 Å². The first-order valence-corrected chi connectivity index (χ1v) is 5.32. The largest absolute Gasteiger partial charge is 0.380 e. The van der Waals surface area contributed by atoms with Gasteiger partial charge in [0.1, 0.15) is 0 Å². The topological polar surface area (TPSA) is 70.5 Å². The minimum atomic E-state index is -0.0502. The molecule has 0 amide bonds. The zero-order valence-corrected chi connectivity index (χ0v) is 9.50. The van der Waals surface area contributed by atoms with Gasteiger partial charge in [-0.1, -0.05) is 0 Å². The lowest BCUT2D eigenvalue weighted by atomic mass is 10.3. The minimum absolute atomic E-state index is 0.0502. The lowest BCUT2D eigenvalue weighted by Crippen LogP contribution is -2.34. The molecule has 88 valence electrons. The van der Waals surface area contributed by atoms with Crippen molar-refractivity contribution >= 4 is 0 Å². The Bertz CT molecular complexity index is 187. The summed E-state index contributed by atoms with van der Waals surface area (Å²) in [7, 11) is 0. The van der Waals surface area contributed by atoms with E-state index in [1.807, 2.05) is 6.92 Å². The average Bonchev–Trinajstić information content (AvgIpc) is 2.26. The summed E-state index contributed by atoms with van der Waals surface area (Å²) >= 11 is 0. The van der Waals surface area contributed by atoms with Crippen molar-refractivity contribution in [2.75, 3.05) is 33.0 Å². The van der Waals surface area contributed by atoms with Gasteiger partial charge in [0.05, 0.1) is 13.2 Å². The highest BCUT2D eigenvalue weighted by atomic mass is 16.5. The summed E-state index contributed by atoms with van der Waals surface area (Å²) in [6.45, 7) is 4.90. The van der Waals surface area contributed by atoms with Crippen LogP contribution < -0.4 is 11.5 Å². The quantitative estimate of drug-likeness (QED) is 0.422. The summed E-state index contributed by atoms with van der Waals surface area (Å²) in [4.78, 5) is 0. The van der Waals surface area contributed by atoms with E-state index in [0.29, 0.717) is 33.0 Å². The van der Waals surface area contributed by atoms with Gasteiger partial charge in [0.2, 0.25) is 0 Å². The Morgan fingerprint density at radius 3 is 2.60 bits per heavy atom. The number of hydrogen-bond donors (Lipinski definition) is 2. The zero-order valence-electron chi connectivity index (χ0n) is 9.50. The molecule has 1 unspecified atom stereocenters. The predicted molar refractivity (Wildman–Crippen MR) is 61.4 cm³/mol. The molecule has 0 saturated carbocycles. The SMILES string of the molecule is CC#CCCOCCCOCC(N)CN. The molecule has 0 bridgehead atoms. The summed E-state index contributed by atoms with van der Waals surface area (Å²) in [5, 5.41) is 0. The monoisotopic (exact) mass is 214 g/mol. The van der Waals surface area contributed by atoms with E-state index >= 15 is 0 Å². The Kier molecular flexibility index (Phi) is 11.0. The van der Waals surface area contributed by atoms with E-state index in [0.717, 1.165) is 12.8 Å². The van der Waals surface area contributed by atoms with Crippen molar-refractivity contribution in [3.8, 4) is 11.8 Å². The summed E-state index contributed by atoms with van der Waals surface area (Å²) in [6.07, 6.45) is 1.69. The number of nitrogens with two attached hydrogens (primary N) is 2. The van der Waals surface area contributed by atoms with Crippen LogP contribution in [0.2, 0.25) is 0 Å². The van der Waals surface area contributed by atoms with Crippen LogP contribution in [0.5, 0.6) is 0 Å². The predicted octanol–water partition coefficient (Wildman–Crippen LogP) is 0.109. The van der Waals surface area contributed by atoms with Crippen LogP contribution in [0, 0.1) is 11.8 Å². The third-order valence-electron chi connectivity index (χ3n) is 1.76. The van der Waals surface area contributed by atoms with Gasteiger partial charge in [0, 0.05) is 32.2 Å². The second-order valence-electron chi connectivity index (χ2n) is 3.21. The van der Waals surface area contributed by atoms with E-state index in [4.69, 9.17) is 20.9 Å². The second-order valence-corrected chi connectivity index (χ2v) is 3.21. The van der Waals surface area contributed by atoms with Crippen molar-refractivity contribution in [1.29, 1.82) is 0 Å². The molecule has 4 nitrogen and oxygen atoms in total. The molecular formula is C11H22N2O2. The smallest absolute Gasteiger partial charge is 0.0629 e. The lowest BCUT2D eigenvalue weighted by Gasteiger charge is -2.09. The van der Waals surface area contributed by atoms with Gasteiger partial charge in [-0.2, -0.15) is 0 Å². The molecule has 0 saturated heterocycles. The fourth-order valence-electron chi connectivity index (χ4n) is 0.916. The molecule has 0 aliphatic carbocycles. The maximum absolute atomic E-state index is 5.57. The molecule has 15 heavy (non-hydrogen) atoms. The van der Waals surface area contributed by atoms with E-state index in [9.17, 15) is 0 Å². The van der Waals surface area contributed by atoms with Crippen LogP contribution in [0.4, 0.5) is 0 Å². The van der Waals surface area contributed by atoms with Crippen molar-refractivity contribution in [3.05, 3.63) is 0 Å². The standard InChI is InChI=1S/C11H22N2O2/c1-2-3-4-6-14-7-5-8-15-10-11(13)9-12/h11H,4-10,12-13H2,1H3. The summed E-state index contributed by atoms with van der Waals surface area (Å²) in [5.41, 5.74) is 10.9. The van der Waals surface area contributed by atoms with Crippen LogP contribution in [0.25, 0.3) is 0 Å². The fourth-order valence-corrected chi connectivity index (χ4v) is 0.916. The van der Waals surface area contributed by atoms with Gasteiger partial charge in [-0.15, -0.1) is 11.8 Å². The number of ether oxygens (including phenoxy) is 2. The Morgan fingerprint density at radius 2 is 1.93 bits per heavy atom. The number of rotatable bonds is 9. The molecule has 0 heterocycles. The van der Waals surface area contributed by atoms with Gasteiger partial charge in [0.25, 0.3) is 0 Å². The van der Waals surface area contributed by atoms with Crippen molar-refractivity contribution in [2.45, 2.75) is 25.8 Å². The van der Waals surface area contributed by atoms with Crippen LogP contribution in [0.1, 0.15) is 19.8 Å². The Morgan fingerprint density at radius 1 is 1.20 bits per heavy atom. The third-order valence-corrected chi connectivity index (χ3v) is 1.76. The first-order chi connectivity index (χ1) is 7.31. The van der Waals surface area contributed by atoms with Gasteiger partial charge in [-0.05, 0) is 13.3 Å². The normalized spacial score (nSPS) is 11.9. The van der Waals surface area contributed by atoms with Gasteiger partial charge in [-0.25, -0.2) is 0 Å². The van der Waals surface area contributed by atoms with Gasteiger partial charge < -0.3 is 20.9 Å². The van der Waals surface area contributed by atoms with Crippen LogP contribution in [0.3, 0.4) is 0 Å². The van der Waals surface area contributed by atoms with E-state index < -0.39 is 0 Å². The van der Waals surface area contributed by atoms with Gasteiger partial charge in [0.15, 0.2) is 0 Å². The highest BCUT2D eigenvalue weighted by Gasteiger charge is 1.98. The minimum Gasteiger partial charge on any atom is -0.380 e. The highest BCUT2D eigenvalue weighted by Crippen LogP contribution is 1.88. The Labute approximate surface area is 92.3 Å². The highest BCUT2D eigenvalue weighted by molar-refractivity contribution is 4.94. The maximum Gasteiger partial charge on any atom is 0.0629 e. The molecule has 4 heteroatoms. The van der Waals surface area contributed by atoms with Gasteiger partial charge >= 0.3 is 0 Å². The van der Waals surface area contributed by atoms with Crippen LogP contribution in [-0.2, 0) is 9.47 Å². The zero-order chi connectivity index (χ0) is 11.4. The molecule has 0 aliphatic rings. The maximum atomic E-state index is 5.57. The van der Waals surface area contributed by atoms with Crippen molar-refractivity contribution in [2.24, 2.45) is 11.5 Å². The molecule has 0 fully saturated rings. The molecule has 0 rings (SSSR count). The van der Waals surface area contributed by atoms with Crippen molar-refractivity contribution < 1.29 is 9.47 Å². The molecule has 4 N–H and O–H groups in total. The van der Waals surface area contributed by atoms with E-state index in [2.05, 4.69) is 11.8 Å². The average molecular weight is 214 g/mol. The summed E-state index contributed by atoms with van der Waals surface area (Å²) in [6, 6.07) is -0.0502. The Balaban J connectivity index is 3.01. The first kappa shape index (κ1) is 14.4. The van der Waals surface area contributed by atoms with Crippen LogP contribution in [0.15, 0.2) is 0 Å². The Hall–Kier alpha value is -0.600. The summed E-state index contributed by atoms with van der Waals surface area (Å²) in [5.74, 6) is 5.75. The molecule has 0 radical (unpaired) electrons. The number of hydrogen-bond acceptors (Lipinski definition) is 4. The van der Waals surface area contributed by atoms with Crippen molar-refractivity contribution in [1.82, 2.24) is 0 Å². The molecule has 0 aromatic carbocycles. The van der Waals surface area contributed by atoms with Gasteiger partial charge in [-0.3, -0.25) is 0 Å². The summed E-state index contributed by atoms with van der Waals surface area (Å²) < 4.78 is 10.6. The first-order valence-electron chi connectivity index (χ1n) is 5.32. The third kappa shape index (κ3) is 11.3. The molecule has 0 aromatic heterocycles. The van der Waals surface area contributed by atoms with Crippen LogP contribution in [-0.4, -0.2) is 39.0 Å². The van der Waals surface area contributed by atoms with E-state index in [1.165, 1.54) is 0 Å². The van der Waals surface area contributed by atoms with E-state index in [1.54, 1.807) is 0 Å². The second kappa shape index (κ2) is 11.5. The van der Waals surface area contributed by atoms with Crippen LogP contribution >= 0.6 is 0 Å². The fraction of sp³-hybridized carbons (Fsp3) is 0.818. The van der Waals surface area contributed by atoms with Crippen molar-refractivity contribution in [3.63, 3.8) is 0 Å². The molecular weight excluding hydrogens is 192 g/mol. The molecule has 0 spiro atoms.